The minimum Gasteiger partial charge on any atom is -0.377 e. The maximum Gasteiger partial charge on any atom is 0.0729 e. The van der Waals surface area contributed by atoms with E-state index in [-0.39, 0.29) is 0 Å². The third-order valence-electron chi connectivity index (χ3n) is 2.77. The molecule has 0 spiro atoms. The molecular weight excluding hydrogens is 226 g/mol. The van der Waals surface area contributed by atoms with E-state index >= 15 is 0 Å². The normalized spacial score (nSPS) is 11.1. The van der Waals surface area contributed by atoms with Crippen LogP contribution >= 0.6 is 0 Å². The highest BCUT2D eigenvalue weighted by Crippen LogP contribution is 2.09. The number of nitrogens with one attached hydrogen (secondary N) is 1. The second kappa shape index (κ2) is 5.71. The molecule has 0 aliphatic carbocycles. The van der Waals surface area contributed by atoms with E-state index in [4.69, 9.17) is 0 Å². The van der Waals surface area contributed by atoms with E-state index in [1.165, 1.54) is 5.69 Å². The largest absolute Gasteiger partial charge is 0.377 e. The van der Waals surface area contributed by atoms with Crippen molar-refractivity contribution in [3.05, 3.63) is 30.4 Å². The molecule has 0 fully saturated rings. The molecule has 2 aromatic heterocycles. The molecule has 0 aromatic carbocycles. The number of hydrogen-bond acceptors (Lipinski definition) is 3. The minimum atomic E-state index is 0.603. The van der Waals surface area contributed by atoms with Crippen LogP contribution in [0.3, 0.4) is 0 Å². The number of aryl methyl sites for hydroxylation is 1. The van der Waals surface area contributed by atoms with Crippen LogP contribution in [-0.4, -0.2) is 19.6 Å². The first kappa shape index (κ1) is 12.7. The van der Waals surface area contributed by atoms with Crippen molar-refractivity contribution in [3.8, 4) is 0 Å². The van der Waals surface area contributed by atoms with Crippen LogP contribution in [0.5, 0.6) is 0 Å². The van der Waals surface area contributed by atoms with Gasteiger partial charge < -0.3 is 5.32 Å². The Kier molecular flexibility index (Phi) is 4.02. The van der Waals surface area contributed by atoms with Gasteiger partial charge in [0.1, 0.15) is 0 Å². The quantitative estimate of drug-likeness (QED) is 0.852. The number of rotatable bonds is 6. The second-order valence-corrected chi connectivity index (χ2v) is 4.84. The van der Waals surface area contributed by atoms with Gasteiger partial charge in [0.2, 0.25) is 0 Å². The zero-order valence-corrected chi connectivity index (χ0v) is 11.3. The van der Waals surface area contributed by atoms with Crippen LogP contribution in [0.2, 0.25) is 0 Å². The Hall–Kier alpha value is -1.78. The van der Waals surface area contributed by atoms with Crippen molar-refractivity contribution in [1.82, 2.24) is 19.6 Å². The van der Waals surface area contributed by atoms with Crippen LogP contribution in [0.1, 0.15) is 26.5 Å². The number of hydrogen-bond donors (Lipinski definition) is 1. The van der Waals surface area contributed by atoms with Crippen LogP contribution in [0.4, 0.5) is 5.69 Å². The van der Waals surface area contributed by atoms with Crippen molar-refractivity contribution < 1.29 is 0 Å². The van der Waals surface area contributed by atoms with Crippen molar-refractivity contribution in [2.24, 2.45) is 5.92 Å². The van der Waals surface area contributed by atoms with Crippen molar-refractivity contribution in [2.45, 2.75) is 40.4 Å². The van der Waals surface area contributed by atoms with E-state index in [0.29, 0.717) is 5.92 Å². The van der Waals surface area contributed by atoms with Crippen molar-refractivity contribution in [2.75, 3.05) is 5.32 Å². The molecule has 0 aliphatic heterocycles. The van der Waals surface area contributed by atoms with Gasteiger partial charge >= 0.3 is 0 Å². The molecule has 0 radical (unpaired) electrons. The SMILES string of the molecule is CCn1cc(NCc2ccnn2CC(C)C)cn1. The predicted molar refractivity (Wildman–Crippen MR) is 72.3 cm³/mol. The Morgan fingerprint density at radius 2 is 2.17 bits per heavy atom. The summed E-state index contributed by atoms with van der Waals surface area (Å²) in [6, 6.07) is 2.06. The van der Waals surface area contributed by atoms with Gasteiger partial charge in [-0.05, 0) is 18.9 Å². The Bertz CT molecular complexity index is 483. The summed E-state index contributed by atoms with van der Waals surface area (Å²) in [6.07, 6.45) is 5.73. The fourth-order valence-corrected chi connectivity index (χ4v) is 1.84. The summed E-state index contributed by atoms with van der Waals surface area (Å²) in [5, 5.41) is 12.0. The Morgan fingerprint density at radius 3 is 2.83 bits per heavy atom. The molecule has 0 aliphatic rings. The number of anilines is 1. The molecule has 0 amide bonds. The van der Waals surface area contributed by atoms with Gasteiger partial charge in [-0.15, -0.1) is 0 Å². The van der Waals surface area contributed by atoms with Crippen molar-refractivity contribution in [3.63, 3.8) is 0 Å². The molecule has 0 saturated heterocycles. The van der Waals surface area contributed by atoms with Gasteiger partial charge in [-0.25, -0.2) is 0 Å². The van der Waals surface area contributed by atoms with E-state index in [9.17, 15) is 0 Å². The number of nitrogens with zero attached hydrogens (tertiary/aromatic N) is 4. The molecule has 2 aromatic rings. The lowest BCUT2D eigenvalue weighted by Gasteiger charge is -2.10. The minimum absolute atomic E-state index is 0.603. The molecule has 1 N–H and O–H groups in total. The highest BCUT2D eigenvalue weighted by atomic mass is 15.3. The molecule has 2 rings (SSSR count). The molecule has 0 unspecified atom stereocenters. The maximum absolute atomic E-state index is 4.35. The van der Waals surface area contributed by atoms with E-state index < -0.39 is 0 Å². The lowest BCUT2D eigenvalue weighted by atomic mass is 10.2. The molecule has 2 heterocycles. The van der Waals surface area contributed by atoms with Gasteiger partial charge in [0.05, 0.1) is 24.1 Å². The van der Waals surface area contributed by atoms with Crippen LogP contribution < -0.4 is 5.32 Å². The summed E-state index contributed by atoms with van der Waals surface area (Å²) >= 11 is 0. The molecule has 5 heteroatoms. The first-order valence-electron chi connectivity index (χ1n) is 6.46. The first-order valence-corrected chi connectivity index (χ1v) is 6.46. The predicted octanol–water partition coefficient (Wildman–Crippen LogP) is 2.37. The van der Waals surface area contributed by atoms with Gasteiger partial charge in [-0.2, -0.15) is 10.2 Å². The Labute approximate surface area is 108 Å². The van der Waals surface area contributed by atoms with Crippen LogP contribution in [0.15, 0.2) is 24.7 Å². The Morgan fingerprint density at radius 1 is 1.33 bits per heavy atom. The van der Waals surface area contributed by atoms with Crippen LogP contribution in [0, 0.1) is 5.92 Å². The summed E-state index contributed by atoms with van der Waals surface area (Å²) in [4.78, 5) is 0. The monoisotopic (exact) mass is 247 g/mol. The molecule has 98 valence electrons. The van der Waals surface area contributed by atoms with Gasteiger partial charge in [0.15, 0.2) is 0 Å². The van der Waals surface area contributed by atoms with E-state index in [1.807, 2.05) is 23.3 Å². The van der Waals surface area contributed by atoms with Gasteiger partial charge in [0.25, 0.3) is 0 Å². The number of aromatic nitrogens is 4. The smallest absolute Gasteiger partial charge is 0.0729 e. The topological polar surface area (TPSA) is 47.7 Å². The average molecular weight is 247 g/mol. The summed E-state index contributed by atoms with van der Waals surface area (Å²) in [5.41, 5.74) is 2.25. The average Bonchev–Trinajstić information content (AvgIpc) is 2.94. The molecule has 0 bridgehead atoms. The van der Waals surface area contributed by atoms with Gasteiger partial charge in [-0.1, -0.05) is 13.8 Å². The highest BCUT2D eigenvalue weighted by molar-refractivity contribution is 5.38. The standard InChI is InChI=1S/C13H21N5/c1-4-17-10-12(7-16-17)14-8-13-5-6-15-18(13)9-11(2)3/h5-7,10-11,14H,4,8-9H2,1-3H3. The molecule has 0 saturated carbocycles. The first-order chi connectivity index (χ1) is 8.69. The highest BCUT2D eigenvalue weighted by Gasteiger charge is 2.05. The van der Waals surface area contributed by atoms with Gasteiger partial charge in [-0.3, -0.25) is 9.36 Å². The summed E-state index contributed by atoms with van der Waals surface area (Å²) in [5.74, 6) is 0.603. The van der Waals surface area contributed by atoms with Gasteiger partial charge in [0, 0.05) is 25.5 Å². The van der Waals surface area contributed by atoms with Crippen molar-refractivity contribution in [1.29, 1.82) is 0 Å². The molecule has 0 atom stereocenters. The van der Waals surface area contributed by atoms with Crippen LogP contribution in [-0.2, 0) is 19.6 Å². The lowest BCUT2D eigenvalue weighted by Crippen LogP contribution is -2.12. The second-order valence-electron chi connectivity index (χ2n) is 4.84. The third-order valence-corrected chi connectivity index (χ3v) is 2.77. The fraction of sp³-hybridized carbons (Fsp3) is 0.538. The molecule has 18 heavy (non-hydrogen) atoms. The lowest BCUT2D eigenvalue weighted by molar-refractivity contribution is 0.470. The zero-order chi connectivity index (χ0) is 13.0. The van der Waals surface area contributed by atoms with Crippen molar-refractivity contribution >= 4 is 5.69 Å². The summed E-state index contributed by atoms with van der Waals surface area (Å²) in [7, 11) is 0. The molecular formula is C13H21N5. The van der Waals surface area contributed by atoms with E-state index in [1.54, 1.807) is 0 Å². The fourth-order valence-electron chi connectivity index (χ4n) is 1.84. The van der Waals surface area contributed by atoms with Crippen LogP contribution in [0.25, 0.3) is 0 Å². The Balaban J connectivity index is 1.95. The molecule has 5 nitrogen and oxygen atoms in total. The third kappa shape index (κ3) is 3.12. The maximum atomic E-state index is 4.35. The zero-order valence-electron chi connectivity index (χ0n) is 11.3. The summed E-state index contributed by atoms with van der Waals surface area (Å²) in [6.45, 7) is 9.11. The van der Waals surface area contributed by atoms with E-state index in [0.717, 1.165) is 25.3 Å². The summed E-state index contributed by atoms with van der Waals surface area (Å²) < 4.78 is 3.97. The van der Waals surface area contributed by atoms with E-state index in [2.05, 4.69) is 47.0 Å².